The van der Waals surface area contributed by atoms with Crippen LogP contribution in [0.15, 0.2) is 78.9 Å². The highest BCUT2D eigenvalue weighted by atomic mass is 19.1. The minimum Gasteiger partial charge on any atom is -0.457 e. The number of amides is 2. The first-order chi connectivity index (χ1) is 19.0. The molecule has 0 aromatic heterocycles. The first-order valence-corrected chi connectivity index (χ1v) is 12.9. The van der Waals surface area contributed by atoms with Crippen molar-refractivity contribution in [1.82, 2.24) is 15.1 Å². The van der Waals surface area contributed by atoms with Crippen LogP contribution in [0.3, 0.4) is 0 Å². The number of hydrogen-bond acceptors (Lipinski definition) is 6. The molecule has 204 valence electrons. The predicted molar refractivity (Wildman–Crippen MR) is 144 cm³/mol. The fourth-order valence-electron chi connectivity index (χ4n) is 4.19. The number of hydrogen-bond donors (Lipinski definition) is 1. The number of nitrogens with zero attached hydrogens (tertiary/aromatic N) is 2. The Balaban J connectivity index is 1.34. The van der Waals surface area contributed by atoms with E-state index in [1.54, 1.807) is 29.2 Å². The van der Waals surface area contributed by atoms with Crippen LogP contribution in [-0.4, -0.2) is 73.3 Å². The molecule has 39 heavy (non-hydrogen) atoms. The smallest absolute Gasteiger partial charge is 0.234 e. The number of rotatable bonds is 13. The SMILES string of the molecule is O=CN1CCN(CC(=O)N[C@@H](COCc2ccccc2)C(=O)Cc2ccc(Oc3ccc(F)cc3)cc2)CC1. The Kier molecular flexibility index (Phi) is 10.2. The first kappa shape index (κ1) is 27.9. The molecular weight excluding hydrogens is 501 g/mol. The fraction of sp³-hybridized carbons (Fsp3) is 0.300. The van der Waals surface area contributed by atoms with Crippen LogP contribution in [0, 0.1) is 5.82 Å². The van der Waals surface area contributed by atoms with Gasteiger partial charge < -0.3 is 19.7 Å². The molecule has 1 saturated heterocycles. The Bertz CT molecular complexity index is 1210. The van der Waals surface area contributed by atoms with Gasteiger partial charge in [-0.2, -0.15) is 0 Å². The van der Waals surface area contributed by atoms with Gasteiger partial charge in [0.25, 0.3) is 0 Å². The molecule has 0 radical (unpaired) electrons. The lowest BCUT2D eigenvalue weighted by atomic mass is 10.0. The molecule has 3 aromatic rings. The summed E-state index contributed by atoms with van der Waals surface area (Å²) in [6.45, 7) is 2.85. The van der Waals surface area contributed by atoms with Crippen molar-refractivity contribution in [3.8, 4) is 11.5 Å². The molecule has 1 N–H and O–H groups in total. The highest BCUT2D eigenvalue weighted by Crippen LogP contribution is 2.22. The van der Waals surface area contributed by atoms with Gasteiger partial charge in [0.05, 0.1) is 19.8 Å². The molecule has 0 spiro atoms. The molecule has 0 aliphatic carbocycles. The first-order valence-electron chi connectivity index (χ1n) is 12.9. The van der Waals surface area contributed by atoms with E-state index in [9.17, 15) is 18.8 Å². The van der Waals surface area contributed by atoms with E-state index in [2.05, 4.69) is 5.32 Å². The van der Waals surface area contributed by atoms with Crippen LogP contribution in [0.5, 0.6) is 11.5 Å². The summed E-state index contributed by atoms with van der Waals surface area (Å²) in [5.74, 6) is 0.286. The second kappa shape index (κ2) is 14.2. The van der Waals surface area contributed by atoms with Gasteiger partial charge in [0, 0.05) is 32.6 Å². The Hall–Kier alpha value is -4.08. The van der Waals surface area contributed by atoms with Gasteiger partial charge in [-0.3, -0.25) is 19.3 Å². The van der Waals surface area contributed by atoms with Crippen molar-refractivity contribution in [3.63, 3.8) is 0 Å². The number of carbonyl (C=O) groups is 3. The summed E-state index contributed by atoms with van der Waals surface area (Å²) >= 11 is 0. The number of carbonyl (C=O) groups excluding carboxylic acids is 3. The molecule has 2 amide bonds. The van der Waals surface area contributed by atoms with E-state index in [0.717, 1.165) is 17.5 Å². The zero-order valence-corrected chi connectivity index (χ0v) is 21.6. The molecule has 0 unspecified atom stereocenters. The van der Waals surface area contributed by atoms with Gasteiger partial charge in [-0.05, 0) is 47.5 Å². The standard InChI is InChI=1S/C30H32FN3O5/c31-25-8-12-27(13-9-25)39-26-10-6-23(7-11-26)18-29(36)28(21-38-20-24-4-2-1-3-5-24)32-30(37)19-33-14-16-34(22-35)17-15-33/h1-13,22,28H,14-21H2,(H,32,37)/t28-/m0/s1. The predicted octanol–water partition coefficient (Wildman–Crippen LogP) is 3.21. The Morgan fingerprint density at radius 1 is 0.872 bits per heavy atom. The summed E-state index contributed by atoms with van der Waals surface area (Å²) in [4.78, 5) is 40.6. The summed E-state index contributed by atoms with van der Waals surface area (Å²) < 4.78 is 24.6. The zero-order chi connectivity index (χ0) is 27.5. The minimum atomic E-state index is -0.812. The van der Waals surface area contributed by atoms with E-state index < -0.39 is 6.04 Å². The van der Waals surface area contributed by atoms with E-state index in [-0.39, 0.29) is 37.1 Å². The average molecular weight is 534 g/mol. The molecule has 0 saturated carbocycles. The molecule has 9 heteroatoms. The molecule has 8 nitrogen and oxygen atoms in total. The molecule has 3 aromatic carbocycles. The second-order valence-electron chi connectivity index (χ2n) is 9.38. The summed E-state index contributed by atoms with van der Waals surface area (Å²) in [6, 6.07) is 21.6. The maximum Gasteiger partial charge on any atom is 0.234 e. The van der Waals surface area contributed by atoms with Crippen LogP contribution >= 0.6 is 0 Å². The van der Waals surface area contributed by atoms with Gasteiger partial charge in [-0.1, -0.05) is 42.5 Å². The summed E-state index contributed by atoms with van der Waals surface area (Å²) in [5.41, 5.74) is 1.73. The number of Topliss-reactive ketones (excluding diaryl/α,β-unsaturated/α-hetero) is 1. The normalized spacial score (nSPS) is 14.4. The van der Waals surface area contributed by atoms with Crippen LogP contribution in [0.4, 0.5) is 4.39 Å². The van der Waals surface area contributed by atoms with Crippen molar-refractivity contribution < 1.29 is 28.2 Å². The summed E-state index contributed by atoms with van der Waals surface area (Å²) in [6.07, 6.45) is 0.923. The van der Waals surface area contributed by atoms with Crippen LogP contribution < -0.4 is 10.1 Å². The van der Waals surface area contributed by atoms with Crippen LogP contribution in [0.1, 0.15) is 11.1 Å². The van der Waals surface area contributed by atoms with E-state index in [4.69, 9.17) is 9.47 Å². The third kappa shape index (κ3) is 9.01. The van der Waals surface area contributed by atoms with Gasteiger partial charge in [-0.15, -0.1) is 0 Å². The lowest BCUT2D eigenvalue weighted by molar-refractivity contribution is -0.130. The van der Waals surface area contributed by atoms with Gasteiger partial charge in [0.15, 0.2) is 5.78 Å². The highest BCUT2D eigenvalue weighted by Gasteiger charge is 2.24. The van der Waals surface area contributed by atoms with Crippen molar-refractivity contribution in [2.45, 2.75) is 19.1 Å². The third-order valence-electron chi connectivity index (χ3n) is 6.39. The third-order valence-corrected chi connectivity index (χ3v) is 6.39. The highest BCUT2D eigenvalue weighted by molar-refractivity contribution is 5.91. The van der Waals surface area contributed by atoms with Crippen molar-refractivity contribution in [3.05, 3.63) is 95.8 Å². The van der Waals surface area contributed by atoms with E-state index in [1.807, 2.05) is 35.2 Å². The Labute approximate surface area is 227 Å². The van der Waals surface area contributed by atoms with Gasteiger partial charge >= 0.3 is 0 Å². The number of ether oxygens (including phenoxy) is 2. The number of halogens is 1. The largest absolute Gasteiger partial charge is 0.457 e. The van der Waals surface area contributed by atoms with Crippen molar-refractivity contribution >= 4 is 18.1 Å². The zero-order valence-electron chi connectivity index (χ0n) is 21.6. The number of nitrogens with one attached hydrogen (secondary N) is 1. The average Bonchev–Trinajstić information content (AvgIpc) is 2.95. The van der Waals surface area contributed by atoms with Crippen LogP contribution in [-0.2, 0) is 32.1 Å². The van der Waals surface area contributed by atoms with Gasteiger partial charge in [0.1, 0.15) is 23.4 Å². The monoisotopic (exact) mass is 533 g/mol. The molecule has 1 aliphatic heterocycles. The maximum atomic E-state index is 13.3. The van der Waals surface area contributed by atoms with Crippen molar-refractivity contribution in [2.24, 2.45) is 0 Å². The fourth-order valence-corrected chi connectivity index (χ4v) is 4.19. The molecule has 1 aliphatic rings. The number of ketones is 1. The topological polar surface area (TPSA) is 88.2 Å². The van der Waals surface area contributed by atoms with E-state index >= 15 is 0 Å². The van der Waals surface area contributed by atoms with Crippen LogP contribution in [0.2, 0.25) is 0 Å². The van der Waals surface area contributed by atoms with Gasteiger partial charge in [0.2, 0.25) is 12.3 Å². The van der Waals surface area contributed by atoms with Crippen molar-refractivity contribution in [1.29, 1.82) is 0 Å². The minimum absolute atomic E-state index is 0.0458. The number of benzene rings is 3. The molecule has 1 atom stereocenters. The molecule has 4 rings (SSSR count). The lowest BCUT2D eigenvalue weighted by Crippen LogP contribution is -2.52. The molecule has 1 fully saturated rings. The second-order valence-corrected chi connectivity index (χ2v) is 9.38. The maximum absolute atomic E-state index is 13.3. The molecule has 1 heterocycles. The van der Waals surface area contributed by atoms with E-state index in [1.165, 1.54) is 24.3 Å². The molecule has 0 bridgehead atoms. The molecular formula is C30H32FN3O5. The van der Waals surface area contributed by atoms with Gasteiger partial charge in [-0.25, -0.2) is 4.39 Å². The Morgan fingerprint density at radius 3 is 2.15 bits per heavy atom. The number of piperazine rings is 1. The Morgan fingerprint density at radius 2 is 1.51 bits per heavy atom. The van der Waals surface area contributed by atoms with Crippen LogP contribution in [0.25, 0.3) is 0 Å². The quantitative estimate of drug-likeness (QED) is 0.340. The summed E-state index contributed by atoms with van der Waals surface area (Å²) in [5, 5.41) is 2.85. The van der Waals surface area contributed by atoms with Crippen molar-refractivity contribution in [2.75, 3.05) is 39.3 Å². The van der Waals surface area contributed by atoms with E-state index in [0.29, 0.717) is 44.3 Å². The lowest BCUT2D eigenvalue weighted by Gasteiger charge is -2.32. The summed E-state index contributed by atoms with van der Waals surface area (Å²) in [7, 11) is 0.